The van der Waals surface area contributed by atoms with E-state index in [2.05, 4.69) is 21.1 Å². The SMILES string of the molecule is Cc1cnc2c(c1)[nH]c(=S)n2CCn1cccn1. The maximum atomic E-state index is 5.33. The highest BCUT2D eigenvalue weighted by Crippen LogP contribution is 2.12. The van der Waals surface area contributed by atoms with Crippen molar-refractivity contribution < 1.29 is 0 Å². The van der Waals surface area contributed by atoms with Crippen LogP contribution in [-0.2, 0) is 13.1 Å². The predicted molar refractivity (Wildman–Crippen MR) is 71.9 cm³/mol. The Labute approximate surface area is 109 Å². The van der Waals surface area contributed by atoms with Crippen molar-refractivity contribution in [3.8, 4) is 0 Å². The van der Waals surface area contributed by atoms with Gasteiger partial charge in [-0.25, -0.2) is 4.98 Å². The van der Waals surface area contributed by atoms with Crippen molar-refractivity contribution in [1.29, 1.82) is 0 Å². The quantitative estimate of drug-likeness (QED) is 0.734. The van der Waals surface area contributed by atoms with Gasteiger partial charge in [0, 0.05) is 25.1 Å². The summed E-state index contributed by atoms with van der Waals surface area (Å²) in [5.41, 5.74) is 3.01. The zero-order valence-electron chi connectivity index (χ0n) is 10.00. The highest BCUT2D eigenvalue weighted by atomic mass is 32.1. The Morgan fingerprint density at radius 1 is 1.39 bits per heavy atom. The number of pyridine rings is 1. The van der Waals surface area contributed by atoms with Gasteiger partial charge < -0.3 is 4.98 Å². The first-order chi connectivity index (χ1) is 8.74. The fraction of sp³-hybridized carbons (Fsp3) is 0.250. The second-order valence-electron chi connectivity index (χ2n) is 4.23. The highest BCUT2D eigenvalue weighted by molar-refractivity contribution is 7.71. The van der Waals surface area contributed by atoms with Gasteiger partial charge in [0.25, 0.3) is 0 Å². The lowest BCUT2D eigenvalue weighted by atomic mass is 10.3. The molecule has 0 spiro atoms. The van der Waals surface area contributed by atoms with Gasteiger partial charge in [-0.2, -0.15) is 5.10 Å². The molecule has 6 heteroatoms. The van der Waals surface area contributed by atoms with Gasteiger partial charge in [-0.05, 0) is 36.8 Å². The average molecular weight is 259 g/mol. The molecule has 0 aliphatic rings. The van der Waals surface area contributed by atoms with Crippen LogP contribution in [0.2, 0.25) is 0 Å². The Kier molecular flexibility index (Phi) is 2.71. The molecule has 0 aromatic carbocycles. The van der Waals surface area contributed by atoms with E-state index < -0.39 is 0 Å². The molecule has 92 valence electrons. The number of aromatic nitrogens is 5. The fourth-order valence-corrected chi connectivity index (χ4v) is 2.28. The van der Waals surface area contributed by atoms with Crippen LogP contribution in [-0.4, -0.2) is 24.3 Å². The molecule has 1 N–H and O–H groups in total. The van der Waals surface area contributed by atoms with Crippen LogP contribution in [0.1, 0.15) is 5.56 Å². The van der Waals surface area contributed by atoms with Gasteiger partial charge in [-0.15, -0.1) is 0 Å². The Balaban J connectivity index is 1.96. The molecule has 5 nitrogen and oxygen atoms in total. The molecule has 3 heterocycles. The largest absolute Gasteiger partial charge is 0.329 e. The van der Waals surface area contributed by atoms with Crippen LogP contribution in [0.3, 0.4) is 0 Å². The van der Waals surface area contributed by atoms with Crippen molar-refractivity contribution in [2.24, 2.45) is 0 Å². The molecule has 0 unspecified atom stereocenters. The molecule has 0 saturated carbocycles. The first kappa shape index (κ1) is 11.2. The number of imidazole rings is 1. The summed E-state index contributed by atoms with van der Waals surface area (Å²) in [5, 5.41) is 4.18. The lowest BCUT2D eigenvalue weighted by Crippen LogP contribution is -2.08. The third kappa shape index (κ3) is 1.95. The summed E-state index contributed by atoms with van der Waals surface area (Å²) in [5.74, 6) is 0. The Morgan fingerprint density at radius 2 is 2.28 bits per heavy atom. The van der Waals surface area contributed by atoms with Crippen LogP contribution in [0.15, 0.2) is 30.7 Å². The van der Waals surface area contributed by atoms with E-state index in [9.17, 15) is 0 Å². The second kappa shape index (κ2) is 4.38. The summed E-state index contributed by atoms with van der Waals surface area (Å²) >= 11 is 5.33. The molecule has 18 heavy (non-hydrogen) atoms. The van der Waals surface area contributed by atoms with Crippen LogP contribution >= 0.6 is 12.2 Å². The van der Waals surface area contributed by atoms with Gasteiger partial charge in [0.2, 0.25) is 0 Å². The monoisotopic (exact) mass is 259 g/mol. The van der Waals surface area contributed by atoms with Gasteiger partial charge in [0.1, 0.15) is 0 Å². The van der Waals surface area contributed by atoms with Crippen molar-refractivity contribution in [2.45, 2.75) is 20.0 Å². The summed E-state index contributed by atoms with van der Waals surface area (Å²) in [6, 6.07) is 3.97. The molecule has 0 bridgehead atoms. The van der Waals surface area contributed by atoms with Crippen molar-refractivity contribution in [1.82, 2.24) is 24.3 Å². The van der Waals surface area contributed by atoms with Gasteiger partial charge in [0.05, 0.1) is 12.1 Å². The number of aromatic amines is 1. The van der Waals surface area contributed by atoms with Crippen molar-refractivity contribution >= 4 is 23.4 Å². The molecule has 3 aromatic heterocycles. The minimum atomic E-state index is 0.704. The molecule has 3 rings (SSSR count). The van der Waals surface area contributed by atoms with E-state index in [0.29, 0.717) is 4.77 Å². The predicted octanol–water partition coefficient (Wildman–Crippen LogP) is 2.30. The maximum absolute atomic E-state index is 5.33. The number of aryl methyl sites for hydroxylation is 3. The summed E-state index contributed by atoms with van der Waals surface area (Å²) < 4.78 is 4.59. The maximum Gasteiger partial charge on any atom is 0.179 e. The lowest BCUT2D eigenvalue weighted by Gasteiger charge is -2.04. The molecular weight excluding hydrogens is 246 g/mol. The number of hydrogen-bond donors (Lipinski definition) is 1. The third-order valence-electron chi connectivity index (χ3n) is 2.86. The Morgan fingerprint density at radius 3 is 3.06 bits per heavy atom. The van der Waals surface area contributed by atoms with Gasteiger partial charge in [-0.3, -0.25) is 9.25 Å². The molecule has 0 saturated heterocycles. The van der Waals surface area contributed by atoms with E-state index in [0.717, 1.165) is 29.8 Å². The van der Waals surface area contributed by atoms with E-state index in [-0.39, 0.29) is 0 Å². The zero-order chi connectivity index (χ0) is 12.5. The number of nitrogens with one attached hydrogen (secondary N) is 1. The minimum absolute atomic E-state index is 0.704. The molecule has 0 aliphatic carbocycles. The number of rotatable bonds is 3. The molecule has 3 aromatic rings. The van der Waals surface area contributed by atoms with E-state index in [4.69, 9.17) is 12.2 Å². The van der Waals surface area contributed by atoms with Gasteiger partial charge >= 0.3 is 0 Å². The summed E-state index contributed by atoms with van der Waals surface area (Å²) in [4.78, 5) is 7.62. The summed E-state index contributed by atoms with van der Waals surface area (Å²) in [6.45, 7) is 3.56. The summed E-state index contributed by atoms with van der Waals surface area (Å²) in [6.07, 6.45) is 5.57. The third-order valence-corrected chi connectivity index (χ3v) is 3.18. The molecule has 0 amide bonds. The second-order valence-corrected chi connectivity index (χ2v) is 4.62. The average Bonchev–Trinajstić information content (AvgIpc) is 2.93. The smallest absolute Gasteiger partial charge is 0.179 e. The normalized spacial score (nSPS) is 11.2. The van der Waals surface area contributed by atoms with Gasteiger partial charge in [-0.1, -0.05) is 0 Å². The standard InChI is InChI=1S/C12H13N5S/c1-9-7-10-11(13-8-9)17(12(18)15-10)6-5-16-4-2-3-14-16/h2-4,7-8H,5-6H2,1H3,(H,15,18). The van der Waals surface area contributed by atoms with E-state index in [1.807, 2.05) is 34.6 Å². The molecule has 0 radical (unpaired) electrons. The number of H-pyrrole nitrogens is 1. The van der Waals surface area contributed by atoms with Crippen LogP contribution < -0.4 is 0 Å². The zero-order valence-corrected chi connectivity index (χ0v) is 10.8. The minimum Gasteiger partial charge on any atom is -0.329 e. The van der Waals surface area contributed by atoms with Crippen LogP contribution in [0.5, 0.6) is 0 Å². The Hall–Kier alpha value is -1.95. The molecule has 0 atom stereocenters. The molecule has 0 aliphatic heterocycles. The van der Waals surface area contributed by atoms with E-state index in [1.54, 1.807) is 6.20 Å². The Bertz CT molecular complexity index is 723. The van der Waals surface area contributed by atoms with E-state index >= 15 is 0 Å². The summed E-state index contributed by atoms with van der Waals surface area (Å²) in [7, 11) is 0. The topological polar surface area (TPSA) is 51.4 Å². The fourth-order valence-electron chi connectivity index (χ4n) is 1.99. The van der Waals surface area contributed by atoms with Crippen LogP contribution in [0.4, 0.5) is 0 Å². The van der Waals surface area contributed by atoms with Gasteiger partial charge in [0.15, 0.2) is 10.4 Å². The number of hydrogen-bond acceptors (Lipinski definition) is 3. The van der Waals surface area contributed by atoms with Crippen molar-refractivity contribution in [3.05, 3.63) is 41.1 Å². The molecule has 0 fully saturated rings. The highest BCUT2D eigenvalue weighted by Gasteiger charge is 2.05. The van der Waals surface area contributed by atoms with Crippen molar-refractivity contribution in [2.75, 3.05) is 0 Å². The lowest BCUT2D eigenvalue weighted by molar-refractivity contribution is 0.536. The van der Waals surface area contributed by atoms with Crippen LogP contribution in [0, 0.1) is 11.7 Å². The molecular formula is C12H13N5S. The first-order valence-corrected chi connectivity index (χ1v) is 6.17. The first-order valence-electron chi connectivity index (χ1n) is 5.76. The number of nitrogens with zero attached hydrogens (tertiary/aromatic N) is 4. The van der Waals surface area contributed by atoms with Crippen molar-refractivity contribution in [3.63, 3.8) is 0 Å². The number of fused-ring (bicyclic) bond motifs is 1. The van der Waals surface area contributed by atoms with Crippen LogP contribution in [0.25, 0.3) is 11.2 Å². The van der Waals surface area contributed by atoms with E-state index in [1.165, 1.54) is 0 Å².